The predicted molar refractivity (Wildman–Crippen MR) is 124 cm³/mol. The first-order valence-electron chi connectivity index (χ1n) is 12.3. The highest BCUT2D eigenvalue weighted by Gasteiger charge is 2.22. The predicted octanol–water partition coefficient (Wildman–Crippen LogP) is 5.01. The van der Waals surface area contributed by atoms with Gasteiger partial charge in [-0.15, -0.1) is 0 Å². The zero-order valence-electron chi connectivity index (χ0n) is 20.1. The fraction of sp³-hybridized carbons (Fsp3) is 0.870. The number of hydrogen-bond acceptors (Lipinski definition) is 7. The molecule has 0 aromatic rings. The summed E-state index contributed by atoms with van der Waals surface area (Å²) >= 11 is 0. The zero-order chi connectivity index (χ0) is 24.8. The van der Waals surface area contributed by atoms with Crippen molar-refractivity contribution in [2.45, 2.75) is 116 Å². The van der Waals surface area contributed by atoms with Gasteiger partial charge in [-0.2, -0.15) is 0 Å². The second-order valence-corrected chi connectivity index (χ2v) is 9.52. The van der Waals surface area contributed by atoms with Gasteiger partial charge in [0, 0.05) is 12.8 Å². The van der Waals surface area contributed by atoms with Gasteiger partial charge in [0.05, 0.1) is 13.0 Å². The molecule has 0 saturated carbocycles. The summed E-state index contributed by atoms with van der Waals surface area (Å²) in [5.41, 5.74) is 0. The number of phosphoric ester groups is 1. The maximum absolute atomic E-state index is 11.9. The summed E-state index contributed by atoms with van der Waals surface area (Å²) in [6, 6.07) is 0. The molecule has 9 nitrogen and oxygen atoms in total. The molecule has 2 N–H and O–H groups in total. The number of ether oxygens (including phenoxy) is 2. The second-order valence-electron chi connectivity index (χ2n) is 8.28. The Kier molecular flexibility index (Phi) is 20.4. The summed E-state index contributed by atoms with van der Waals surface area (Å²) in [6.07, 6.45) is 15.0. The van der Waals surface area contributed by atoms with Crippen LogP contribution in [0.2, 0.25) is 0 Å². The molecule has 0 heterocycles. The molecule has 0 rings (SSSR count). The molecule has 0 saturated heterocycles. The van der Waals surface area contributed by atoms with Crippen LogP contribution in [0.15, 0.2) is 0 Å². The maximum Gasteiger partial charge on any atom is 0.469 e. The fourth-order valence-corrected chi connectivity index (χ4v) is 3.62. The summed E-state index contributed by atoms with van der Waals surface area (Å²) in [7, 11) is -4.76. The van der Waals surface area contributed by atoms with Crippen molar-refractivity contribution in [2.75, 3.05) is 13.2 Å². The molecule has 0 aromatic heterocycles. The first kappa shape index (κ1) is 31.7. The Hall–Kier alpha value is -1.28. The van der Waals surface area contributed by atoms with Crippen molar-refractivity contribution in [1.29, 1.82) is 0 Å². The Bertz CT molecular complexity index is 562. The number of aldehydes is 1. The molecule has 0 aliphatic heterocycles. The molecule has 0 amide bonds. The lowest BCUT2D eigenvalue weighted by Crippen LogP contribution is -2.29. The average Bonchev–Trinajstić information content (AvgIpc) is 2.76. The molecule has 1 atom stereocenters. The third-order valence-electron chi connectivity index (χ3n) is 5.11. The van der Waals surface area contributed by atoms with Crippen LogP contribution < -0.4 is 0 Å². The van der Waals surface area contributed by atoms with Crippen LogP contribution in [0.25, 0.3) is 0 Å². The normalized spacial score (nSPS) is 12.3. The number of carbonyl (C=O) groups is 3. The van der Waals surface area contributed by atoms with E-state index in [0.717, 1.165) is 19.3 Å². The number of hydrogen-bond donors (Lipinski definition) is 2. The van der Waals surface area contributed by atoms with Crippen LogP contribution in [0.3, 0.4) is 0 Å². The minimum absolute atomic E-state index is 0.0380. The fourth-order valence-electron chi connectivity index (χ4n) is 3.26. The van der Waals surface area contributed by atoms with Crippen LogP contribution in [-0.4, -0.2) is 47.3 Å². The SMILES string of the molecule is CCCCCCCCCCCCCCCC(=O)OC[C@H](COP(=O)(O)O)OC(=O)CCC=O. The minimum Gasteiger partial charge on any atom is -0.462 e. The molecule has 0 spiro atoms. The van der Waals surface area contributed by atoms with Crippen LogP contribution >= 0.6 is 7.82 Å². The first-order valence-corrected chi connectivity index (χ1v) is 13.8. The first-order chi connectivity index (χ1) is 15.8. The van der Waals surface area contributed by atoms with E-state index in [9.17, 15) is 18.9 Å². The van der Waals surface area contributed by atoms with Gasteiger partial charge in [0.15, 0.2) is 6.10 Å². The Morgan fingerprint density at radius 1 is 0.788 bits per heavy atom. The topological polar surface area (TPSA) is 136 Å². The highest BCUT2D eigenvalue weighted by molar-refractivity contribution is 7.46. The van der Waals surface area contributed by atoms with E-state index in [1.165, 1.54) is 57.8 Å². The second kappa shape index (κ2) is 21.3. The van der Waals surface area contributed by atoms with Gasteiger partial charge in [0.25, 0.3) is 0 Å². The van der Waals surface area contributed by atoms with Crippen LogP contribution in [0.5, 0.6) is 0 Å². The number of carbonyl (C=O) groups excluding carboxylic acids is 3. The molecule has 0 aliphatic rings. The molecule has 0 fully saturated rings. The highest BCUT2D eigenvalue weighted by Crippen LogP contribution is 2.35. The molecule has 0 aliphatic carbocycles. The van der Waals surface area contributed by atoms with Crippen LogP contribution in [0, 0.1) is 0 Å². The van der Waals surface area contributed by atoms with Crippen molar-refractivity contribution in [3.63, 3.8) is 0 Å². The highest BCUT2D eigenvalue weighted by atomic mass is 31.2. The summed E-state index contributed by atoms with van der Waals surface area (Å²) < 4.78 is 25.2. The minimum atomic E-state index is -4.76. The van der Waals surface area contributed by atoms with Crippen molar-refractivity contribution in [3.8, 4) is 0 Å². The molecule has 194 valence electrons. The summed E-state index contributed by atoms with van der Waals surface area (Å²) in [5, 5.41) is 0. The number of rotatable bonds is 23. The van der Waals surface area contributed by atoms with Crippen molar-refractivity contribution in [1.82, 2.24) is 0 Å². The van der Waals surface area contributed by atoms with Crippen LogP contribution in [-0.2, 0) is 32.9 Å². The largest absolute Gasteiger partial charge is 0.469 e. The van der Waals surface area contributed by atoms with Gasteiger partial charge in [0.2, 0.25) is 0 Å². The van der Waals surface area contributed by atoms with Gasteiger partial charge < -0.3 is 24.1 Å². The van der Waals surface area contributed by atoms with Gasteiger partial charge in [0.1, 0.15) is 12.9 Å². The van der Waals surface area contributed by atoms with Gasteiger partial charge in [-0.25, -0.2) is 4.57 Å². The Morgan fingerprint density at radius 3 is 1.79 bits per heavy atom. The molecule has 0 radical (unpaired) electrons. The Morgan fingerprint density at radius 2 is 1.30 bits per heavy atom. The van der Waals surface area contributed by atoms with Crippen LogP contribution in [0.1, 0.15) is 110 Å². The summed E-state index contributed by atoms with van der Waals surface area (Å²) in [4.78, 5) is 51.5. The average molecular weight is 495 g/mol. The number of esters is 2. The molecule has 0 aromatic carbocycles. The lowest BCUT2D eigenvalue weighted by atomic mass is 10.0. The summed E-state index contributed by atoms with van der Waals surface area (Å²) in [5.74, 6) is -1.21. The maximum atomic E-state index is 11.9. The smallest absolute Gasteiger partial charge is 0.462 e. The van der Waals surface area contributed by atoms with E-state index < -0.39 is 32.5 Å². The molecular formula is C23H43O9P. The summed E-state index contributed by atoms with van der Waals surface area (Å²) in [6.45, 7) is 1.24. The van der Waals surface area contributed by atoms with Gasteiger partial charge in [-0.1, -0.05) is 84.0 Å². The van der Waals surface area contributed by atoms with Crippen molar-refractivity contribution in [3.05, 3.63) is 0 Å². The molecule has 10 heteroatoms. The number of phosphoric acid groups is 1. The van der Waals surface area contributed by atoms with E-state index in [1.54, 1.807) is 0 Å². The Labute approximate surface area is 198 Å². The number of unbranched alkanes of at least 4 members (excludes halogenated alkanes) is 12. The van der Waals surface area contributed by atoms with E-state index in [2.05, 4.69) is 11.4 Å². The van der Waals surface area contributed by atoms with E-state index in [-0.39, 0.29) is 25.9 Å². The van der Waals surface area contributed by atoms with Gasteiger partial charge in [-0.3, -0.25) is 14.1 Å². The van der Waals surface area contributed by atoms with Crippen molar-refractivity contribution < 1.29 is 42.7 Å². The standard InChI is InChI=1S/C23H43O9P/c1-2-3-4-5-6-7-8-9-10-11-12-13-14-16-22(25)30-19-21(20-31-33(27,28)29)32-23(26)17-15-18-24/h18,21H,2-17,19-20H2,1H3,(H2,27,28,29)/t21-/m1/s1. The van der Waals surface area contributed by atoms with Crippen LogP contribution in [0.4, 0.5) is 0 Å². The quantitative estimate of drug-likeness (QED) is 0.0869. The van der Waals surface area contributed by atoms with E-state index in [1.807, 2.05) is 0 Å². The zero-order valence-corrected chi connectivity index (χ0v) is 21.0. The van der Waals surface area contributed by atoms with Gasteiger partial charge >= 0.3 is 19.8 Å². The molecule has 0 unspecified atom stereocenters. The monoisotopic (exact) mass is 494 g/mol. The third kappa shape index (κ3) is 23.7. The third-order valence-corrected chi connectivity index (χ3v) is 5.59. The lowest BCUT2D eigenvalue weighted by molar-refractivity contribution is -0.161. The van der Waals surface area contributed by atoms with Crippen molar-refractivity contribution >= 4 is 26.0 Å². The van der Waals surface area contributed by atoms with Crippen molar-refractivity contribution in [2.24, 2.45) is 0 Å². The molecule has 33 heavy (non-hydrogen) atoms. The molecule has 0 bridgehead atoms. The van der Waals surface area contributed by atoms with E-state index >= 15 is 0 Å². The van der Waals surface area contributed by atoms with Gasteiger partial charge in [-0.05, 0) is 6.42 Å². The lowest BCUT2D eigenvalue weighted by Gasteiger charge is -2.18. The Balaban J connectivity index is 3.86. The molecular weight excluding hydrogens is 451 g/mol. The van der Waals surface area contributed by atoms with E-state index in [0.29, 0.717) is 12.7 Å². The van der Waals surface area contributed by atoms with E-state index in [4.69, 9.17) is 19.3 Å².